The molecule has 3 aromatic carbocycles. The lowest BCUT2D eigenvalue weighted by Gasteiger charge is -2.19. The minimum Gasteiger partial charge on any atom is -0.342 e. The Kier molecular flexibility index (Phi) is 5.70. The highest BCUT2D eigenvalue weighted by Crippen LogP contribution is 2.18. The van der Waals surface area contributed by atoms with E-state index < -0.39 is 6.04 Å². The van der Waals surface area contributed by atoms with Crippen molar-refractivity contribution < 1.29 is 9.59 Å². The fourth-order valence-corrected chi connectivity index (χ4v) is 3.65. The van der Waals surface area contributed by atoms with Gasteiger partial charge >= 0.3 is 0 Å². The third-order valence-corrected chi connectivity index (χ3v) is 5.31. The largest absolute Gasteiger partial charge is 0.342 e. The Balaban J connectivity index is 1.59. The molecular weight excluding hydrogens is 374 g/mol. The quantitative estimate of drug-likeness (QED) is 0.495. The molecule has 0 bridgehead atoms. The number of benzene rings is 3. The van der Waals surface area contributed by atoms with Gasteiger partial charge in [-0.05, 0) is 42.2 Å². The van der Waals surface area contributed by atoms with Crippen molar-refractivity contribution >= 4 is 22.6 Å². The molecule has 1 atom stereocenters. The Hall–Kier alpha value is -3.73. The molecule has 0 fully saturated rings. The van der Waals surface area contributed by atoms with Gasteiger partial charge in [-0.25, -0.2) is 0 Å². The zero-order valence-electron chi connectivity index (χ0n) is 16.8. The van der Waals surface area contributed by atoms with Crippen molar-refractivity contribution in [1.29, 1.82) is 0 Å². The molecule has 30 heavy (non-hydrogen) atoms. The highest BCUT2D eigenvalue weighted by molar-refractivity contribution is 6.00. The molecule has 0 spiro atoms. The number of aromatic amines is 1. The molecule has 1 heterocycles. The van der Waals surface area contributed by atoms with Crippen LogP contribution in [0.3, 0.4) is 0 Å². The summed E-state index contributed by atoms with van der Waals surface area (Å²) in [6.45, 7) is 1.89. The van der Waals surface area contributed by atoms with Crippen LogP contribution in [0.5, 0.6) is 0 Å². The van der Waals surface area contributed by atoms with Crippen molar-refractivity contribution in [3.05, 3.63) is 101 Å². The Morgan fingerprint density at radius 3 is 2.53 bits per heavy atom. The maximum Gasteiger partial charge on any atom is 0.252 e. The van der Waals surface area contributed by atoms with Gasteiger partial charge in [-0.15, -0.1) is 0 Å². The van der Waals surface area contributed by atoms with E-state index in [2.05, 4.69) is 15.5 Å². The van der Waals surface area contributed by atoms with E-state index in [0.29, 0.717) is 12.0 Å². The molecule has 0 radical (unpaired) electrons. The van der Waals surface area contributed by atoms with Gasteiger partial charge in [0.2, 0.25) is 0 Å². The number of nitrogens with zero attached hydrogens (tertiary/aromatic N) is 1. The van der Waals surface area contributed by atoms with Gasteiger partial charge in [-0.3, -0.25) is 14.7 Å². The summed E-state index contributed by atoms with van der Waals surface area (Å²) in [7, 11) is 0. The van der Waals surface area contributed by atoms with Crippen molar-refractivity contribution in [2.75, 3.05) is 0 Å². The van der Waals surface area contributed by atoms with Crippen molar-refractivity contribution in [1.82, 2.24) is 15.5 Å². The minimum absolute atomic E-state index is 0.0329. The smallest absolute Gasteiger partial charge is 0.252 e. The summed E-state index contributed by atoms with van der Waals surface area (Å²) in [6, 6.07) is 22.3. The molecule has 150 valence electrons. The highest BCUT2D eigenvalue weighted by Gasteiger charge is 2.23. The van der Waals surface area contributed by atoms with Gasteiger partial charge in [-0.2, -0.15) is 5.10 Å². The molecule has 0 saturated heterocycles. The number of hydrogen-bond acceptors (Lipinski definition) is 3. The number of nitrogens with one attached hydrogen (secondary N) is 2. The predicted molar refractivity (Wildman–Crippen MR) is 117 cm³/mol. The van der Waals surface area contributed by atoms with Gasteiger partial charge in [0.15, 0.2) is 5.78 Å². The van der Waals surface area contributed by atoms with Crippen molar-refractivity contribution in [2.45, 2.75) is 25.8 Å². The summed E-state index contributed by atoms with van der Waals surface area (Å²) in [5.41, 5.74) is 4.25. The average molecular weight is 397 g/mol. The van der Waals surface area contributed by atoms with E-state index >= 15 is 0 Å². The van der Waals surface area contributed by atoms with Crippen molar-refractivity contribution in [3.8, 4) is 0 Å². The molecule has 5 nitrogen and oxygen atoms in total. The van der Waals surface area contributed by atoms with Crippen LogP contribution in [0.25, 0.3) is 10.9 Å². The monoisotopic (exact) mass is 397 g/mol. The molecule has 0 aliphatic heterocycles. The molecule has 2 N–H and O–H groups in total. The first-order valence-electron chi connectivity index (χ1n) is 9.96. The lowest BCUT2D eigenvalue weighted by Crippen LogP contribution is -2.43. The second-order valence-corrected chi connectivity index (χ2v) is 7.42. The van der Waals surface area contributed by atoms with E-state index in [1.807, 2.05) is 73.7 Å². The molecule has 5 heteroatoms. The highest BCUT2D eigenvalue weighted by atomic mass is 16.2. The van der Waals surface area contributed by atoms with Crippen LogP contribution in [0.15, 0.2) is 79.0 Å². The standard InChI is InChI=1S/C25H23N3O2/c1-17-8-5-6-12-20(17)25(30)27-23(14-18-9-3-2-4-10-18)24(29)15-19-11-7-13-22-21(19)16-26-28-22/h2-13,16,23H,14-15H2,1H3,(H,26,28)(H,27,30). The summed E-state index contributed by atoms with van der Waals surface area (Å²) >= 11 is 0. The van der Waals surface area contributed by atoms with Crippen LogP contribution < -0.4 is 5.32 Å². The molecule has 0 saturated carbocycles. The summed E-state index contributed by atoms with van der Waals surface area (Å²) in [4.78, 5) is 26.2. The molecule has 0 aliphatic carbocycles. The van der Waals surface area contributed by atoms with Gasteiger partial charge in [0.25, 0.3) is 5.91 Å². The van der Waals surface area contributed by atoms with Crippen LogP contribution in [0, 0.1) is 6.92 Å². The molecular formula is C25H23N3O2. The number of aryl methyl sites for hydroxylation is 1. The van der Waals surface area contributed by atoms with E-state index in [-0.39, 0.29) is 18.1 Å². The maximum atomic E-state index is 13.3. The first-order chi connectivity index (χ1) is 14.6. The van der Waals surface area contributed by atoms with Crippen molar-refractivity contribution in [3.63, 3.8) is 0 Å². The number of ketones is 1. The normalized spacial score (nSPS) is 11.9. The van der Waals surface area contributed by atoms with Gasteiger partial charge in [0.05, 0.1) is 17.8 Å². The maximum absolute atomic E-state index is 13.3. The topological polar surface area (TPSA) is 74.8 Å². The van der Waals surface area contributed by atoms with Crippen LogP contribution in [-0.4, -0.2) is 27.9 Å². The lowest BCUT2D eigenvalue weighted by atomic mass is 9.96. The summed E-state index contributed by atoms with van der Waals surface area (Å²) < 4.78 is 0. The van der Waals surface area contributed by atoms with E-state index in [1.165, 1.54) is 0 Å². The number of rotatable bonds is 7. The van der Waals surface area contributed by atoms with Gasteiger partial charge in [0, 0.05) is 17.4 Å². The number of amides is 1. The number of carbonyl (C=O) groups is 2. The lowest BCUT2D eigenvalue weighted by molar-refractivity contribution is -0.120. The predicted octanol–water partition coefficient (Wildman–Crippen LogP) is 4.02. The molecule has 4 rings (SSSR count). The van der Waals surface area contributed by atoms with E-state index in [4.69, 9.17) is 0 Å². The van der Waals surface area contributed by atoms with Crippen LogP contribution in [-0.2, 0) is 17.6 Å². The molecule has 1 amide bonds. The first kappa shape index (κ1) is 19.6. The van der Waals surface area contributed by atoms with E-state index in [0.717, 1.165) is 27.6 Å². The first-order valence-corrected chi connectivity index (χ1v) is 9.96. The van der Waals surface area contributed by atoms with Crippen LogP contribution in [0.4, 0.5) is 0 Å². The number of aromatic nitrogens is 2. The molecule has 4 aromatic rings. The van der Waals surface area contributed by atoms with Gasteiger partial charge in [-0.1, -0.05) is 60.7 Å². The van der Waals surface area contributed by atoms with Crippen LogP contribution in [0.2, 0.25) is 0 Å². The van der Waals surface area contributed by atoms with Crippen LogP contribution >= 0.6 is 0 Å². The van der Waals surface area contributed by atoms with Crippen molar-refractivity contribution in [2.24, 2.45) is 0 Å². The molecule has 1 unspecified atom stereocenters. The SMILES string of the molecule is Cc1ccccc1C(=O)NC(Cc1ccccc1)C(=O)Cc1cccc2[nH]ncc12. The van der Waals surface area contributed by atoms with Crippen LogP contribution in [0.1, 0.15) is 27.0 Å². The molecule has 1 aromatic heterocycles. The third kappa shape index (κ3) is 4.30. The Bertz CT molecular complexity index is 1180. The zero-order chi connectivity index (χ0) is 20.9. The number of H-pyrrole nitrogens is 1. The second-order valence-electron chi connectivity index (χ2n) is 7.42. The fourth-order valence-electron chi connectivity index (χ4n) is 3.65. The van der Waals surface area contributed by atoms with E-state index in [9.17, 15) is 9.59 Å². The zero-order valence-corrected chi connectivity index (χ0v) is 16.8. The summed E-state index contributed by atoms with van der Waals surface area (Å²) in [5, 5.41) is 10.9. The number of hydrogen-bond donors (Lipinski definition) is 2. The number of fused-ring (bicyclic) bond motifs is 1. The fraction of sp³-hybridized carbons (Fsp3) is 0.160. The van der Waals surface area contributed by atoms with Gasteiger partial charge < -0.3 is 5.32 Å². The Morgan fingerprint density at radius 1 is 0.967 bits per heavy atom. The average Bonchev–Trinajstić information content (AvgIpc) is 3.24. The number of Topliss-reactive ketones (excluding diaryl/α,β-unsaturated/α-hetero) is 1. The Labute approximate surface area is 175 Å². The molecule has 0 aliphatic rings. The number of carbonyl (C=O) groups excluding carboxylic acids is 2. The minimum atomic E-state index is -0.623. The summed E-state index contributed by atoms with van der Waals surface area (Å²) in [6.07, 6.45) is 2.40. The third-order valence-electron chi connectivity index (χ3n) is 5.31. The van der Waals surface area contributed by atoms with E-state index in [1.54, 1.807) is 12.3 Å². The summed E-state index contributed by atoms with van der Waals surface area (Å²) in [5.74, 6) is -0.265. The second kappa shape index (κ2) is 8.74. The van der Waals surface area contributed by atoms with Gasteiger partial charge in [0.1, 0.15) is 0 Å². The Morgan fingerprint density at radius 2 is 1.73 bits per heavy atom.